The predicted molar refractivity (Wildman–Crippen MR) is 72.2 cm³/mol. The van der Waals surface area contributed by atoms with E-state index in [9.17, 15) is 9.59 Å². The Hall–Kier alpha value is -1.40. The van der Waals surface area contributed by atoms with Crippen LogP contribution in [-0.2, 0) is 9.53 Å². The summed E-state index contributed by atoms with van der Waals surface area (Å²) in [6.45, 7) is 2.52. The Morgan fingerprint density at radius 1 is 1.47 bits per heavy atom. The standard InChI is InChI=1S/C13H14BrNO4/c1-8-9(3-2-4-10(8)14)12(16)15-5-6-19-7-11(15)13(17)18/h2-4,11H,5-7H2,1H3,(H,17,18)/t11-/m1/s1. The summed E-state index contributed by atoms with van der Waals surface area (Å²) in [6.07, 6.45) is 0. The van der Waals surface area contributed by atoms with Crippen molar-refractivity contribution < 1.29 is 19.4 Å². The fourth-order valence-corrected chi connectivity index (χ4v) is 2.41. The van der Waals surface area contributed by atoms with Crippen LogP contribution in [0.2, 0.25) is 0 Å². The van der Waals surface area contributed by atoms with Crippen LogP contribution in [0.1, 0.15) is 15.9 Å². The van der Waals surface area contributed by atoms with E-state index in [4.69, 9.17) is 9.84 Å². The third kappa shape index (κ3) is 2.79. The average molecular weight is 328 g/mol. The van der Waals surface area contributed by atoms with Gasteiger partial charge in [-0.25, -0.2) is 4.79 Å². The molecule has 0 aromatic heterocycles. The first-order valence-corrected chi connectivity index (χ1v) is 6.68. The molecule has 5 nitrogen and oxygen atoms in total. The number of benzene rings is 1. The third-order valence-corrected chi connectivity index (χ3v) is 4.03. The zero-order chi connectivity index (χ0) is 14.0. The summed E-state index contributed by atoms with van der Waals surface area (Å²) in [6, 6.07) is 4.40. The normalized spacial score (nSPS) is 19.3. The van der Waals surface area contributed by atoms with Crippen molar-refractivity contribution in [3.63, 3.8) is 0 Å². The first kappa shape index (κ1) is 14.0. The number of ether oxygens (including phenoxy) is 1. The number of rotatable bonds is 2. The van der Waals surface area contributed by atoms with Gasteiger partial charge in [-0.1, -0.05) is 22.0 Å². The molecule has 1 saturated heterocycles. The Balaban J connectivity index is 2.31. The van der Waals surface area contributed by atoms with Crippen LogP contribution >= 0.6 is 15.9 Å². The predicted octanol–water partition coefficient (Wildman–Crippen LogP) is 1.68. The second kappa shape index (κ2) is 5.71. The quantitative estimate of drug-likeness (QED) is 0.897. The molecule has 1 heterocycles. The Bertz CT molecular complexity index is 517. The molecule has 1 fully saturated rings. The second-order valence-electron chi connectivity index (χ2n) is 4.34. The number of morpholine rings is 1. The molecular weight excluding hydrogens is 314 g/mol. The molecule has 1 aromatic rings. The maximum Gasteiger partial charge on any atom is 0.328 e. The summed E-state index contributed by atoms with van der Waals surface area (Å²) in [5.74, 6) is -1.31. The maximum atomic E-state index is 12.5. The highest BCUT2D eigenvalue weighted by atomic mass is 79.9. The highest BCUT2D eigenvalue weighted by molar-refractivity contribution is 9.10. The molecule has 0 aliphatic carbocycles. The number of hydrogen-bond donors (Lipinski definition) is 1. The summed E-state index contributed by atoms with van der Waals surface area (Å²) in [5.41, 5.74) is 1.32. The van der Waals surface area contributed by atoms with E-state index >= 15 is 0 Å². The highest BCUT2D eigenvalue weighted by Crippen LogP contribution is 2.22. The van der Waals surface area contributed by atoms with Gasteiger partial charge >= 0.3 is 5.97 Å². The molecule has 2 rings (SSSR count). The molecule has 1 amide bonds. The van der Waals surface area contributed by atoms with E-state index in [1.165, 1.54) is 4.90 Å². The van der Waals surface area contributed by atoms with Crippen molar-refractivity contribution in [2.24, 2.45) is 0 Å². The molecule has 0 saturated carbocycles. The SMILES string of the molecule is Cc1c(Br)cccc1C(=O)N1CCOC[C@@H]1C(=O)O. The smallest absolute Gasteiger partial charge is 0.328 e. The molecule has 0 spiro atoms. The maximum absolute atomic E-state index is 12.5. The first-order valence-electron chi connectivity index (χ1n) is 5.89. The van der Waals surface area contributed by atoms with Crippen molar-refractivity contribution in [3.05, 3.63) is 33.8 Å². The lowest BCUT2D eigenvalue weighted by molar-refractivity contribution is -0.147. The molecule has 1 aromatic carbocycles. The van der Waals surface area contributed by atoms with Crippen molar-refractivity contribution in [3.8, 4) is 0 Å². The number of carbonyl (C=O) groups is 2. The van der Waals surface area contributed by atoms with Crippen LogP contribution in [0.25, 0.3) is 0 Å². The molecule has 1 atom stereocenters. The van der Waals surface area contributed by atoms with Crippen molar-refractivity contribution in [2.45, 2.75) is 13.0 Å². The van der Waals surface area contributed by atoms with Gasteiger partial charge < -0.3 is 14.7 Å². The number of aliphatic carboxylic acids is 1. The highest BCUT2D eigenvalue weighted by Gasteiger charge is 2.33. The molecule has 1 N–H and O–H groups in total. The van der Waals surface area contributed by atoms with Gasteiger partial charge in [0.05, 0.1) is 13.2 Å². The minimum atomic E-state index is -1.04. The molecule has 19 heavy (non-hydrogen) atoms. The zero-order valence-electron chi connectivity index (χ0n) is 10.4. The first-order chi connectivity index (χ1) is 9.02. The van der Waals surface area contributed by atoms with E-state index in [-0.39, 0.29) is 12.5 Å². The Labute approximate surface area is 119 Å². The van der Waals surface area contributed by atoms with E-state index in [0.29, 0.717) is 18.7 Å². The Kier molecular flexibility index (Phi) is 4.21. The molecule has 102 valence electrons. The largest absolute Gasteiger partial charge is 0.480 e. The molecule has 1 aliphatic rings. The third-order valence-electron chi connectivity index (χ3n) is 3.17. The van der Waals surface area contributed by atoms with Gasteiger partial charge in [-0.2, -0.15) is 0 Å². The van der Waals surface area contributed by atoms with Gasteiger partial charge in [0, 0.05) is 16.6 Å². The Morgan fingerprint density at radius 2 is 2.21 bits per heavy atom. The van der Waals surface area contributed by atoms with E-state index < -0.39 is 12.0 Å². The number of amides is 1. The molecule has 1 aliphatic heterocycles. The fraction of sp³-hybridized carbons (Fsp3) is 0.385. The summed E-state index contributed by atoms with van der Waals surface area (Å²) in [5, 5.41) is 9.15. The van der Waals surface area contributed by atoms with Gasteiger partial charge in [0.15, 0.2) is 6.04 Å². The summed E-state index contributed by atoms with van der Waals surface area (Å²) in [4.78, 5) is 25.0. The number of carboxylic acids is 1. The molecule has 6 heteroatoms. The lowest BCUT2D eigenvalue weighted by Crippen LogP contribution is -2.52. The van der Waals surface area contributed by atoms with E-state index in [2.05, 4.69) is 15.9 Å². The molecular formula is C13H14BrNO4. The monoisotopic (exact) mass is 327 g/mol. The number of halogens is 1. The van der Waals surface area contributed by atoms with Gasteiger partial charge in [-0.15, -0.1) is 0 Å². The Morgan fingerprint density at radius 3 is 2.89 bits per heavy atom. The van der Waals surface area contributed by atoms with Crippen LogP contribution in [0.5, 0.6) is 0 Å². The van der Waals surface area contributed by atoms with Gasteiger partial charge in [0.2, 0.25) is 0 Å². The van der Waals surface area contributed by atoms with Gasteiger partial charge in [-0.05, 0) is 24.6 Å². The van der Waals surface area contributed by atoms with Gasteiger partial charge in [-0.3, -0.25) is 4.79 Å². The van der Waals surface area contributed by atoms with Gasteiger partial charge in [0.25, 0.3) is 5.91 Å². The zero-order valence-corrected chi connectivity index (χ0v) is 12.0. The average Bonchev–Trinajstić information content (AvgIpc) is 2.41. The van der Waals surface area contributed by atoms with Crippen molar-refractivity contribution in [1.82, 2.24) is 4.90 Å². The minimum absolute atomic E-state index is 0.0358. The van der Waals surface area contributed by atoms with Crippen LogP contribution in [0.15, 0.2) is 22.7 Å². The van der Waals surface area contributed by atoms with E-state index in [1.54, 1.807) is 12.1 Å². The van der Waals surface area contributed by atoms with E-state index in [1.807, 2.05) is 13.0 Å². The lowest BCUT2D eigenvalue weighted by Gasteiger charge is -2.33. The van der Waals surface area contributed by atoms with Crippen LogP contribution in [-0.4, -0.2) is 47.7 Å². The van der Waals surface area contributed by atoms with Crippen LogP contribution in [0.3, 0.4) is 0 Å². The van der Waals surface area contributed by atoms with Crippen molar-refractivity contribution in [2.75, 3.05) is 19.8 Å². The van der Waals surface area contributed by atoms with Crippen LogP contribution < -0.4 is 0 Å². The molecule has 0 bridgehead atoms. The van der Waals surface area contributed by atoms with Crippen LogP contribution in [0.4, 0.5) is 0 Å². The molecule has 0 unspecified atom stereocenters. The van der Waals surface area contributed by atoms with Gasteiger partial charge in [0.1, 0.15) is 0 Å². The summed E-state index contributed by atoms with van der Waals surface area (Å²) in [7, 11) is 0. The minimum Gasteiger partial charge on any atom is -0.480 e. The topological polar surface area (TPSA) is 66.8 Å². The fourth-order valence-electron chi connectivity index (χ4n) is 2.05. The summed E-state index contributed by atoms with van der Waals surface area (Å²) < 4.78 is 5.96. The molecule has 0 radical (unpaired) electrons. The number of hydrogen-bond acceptors (Lipinski definition) is 3. The van der Waals surface area contributed by atoms with E-state index in [0.717, 1.165) is 10.0 Å². The number of carbonyl (C=O) groups excluding carboxylic acids is 1. The van der Waals surface area contributed by atoms with Crippen molar-refractivity contribution in [1.29, 1.82) is 0 Å². The lowest BCUT2D eigenvalue weighted by atomic mass is 10.1. The number of carboxylic acid groups (broad SMARTS) is 1. The summed E-state index contributed by atoms with van der Waals surface area (Å²) >= 11 is 3.37. The number of nitrogens with zero attached hydrogens (tertiary/aromatic N) is 1. The van der Waals surface area contributed by atoms with Crippen LogP contribution in [0, 0.1) is 6.92 Å². The second-order valence-corrected chi connectivity index (χ2v) is 5.19. The van der Waals surface area contributed by atoms with Crippen molar-refractivity contribution >= 4 is 27.8 Å².